The molecule has 2 aromatic heterocycles. The molecule has 0 spiro atoms. The Hall–Kier alpha value is -4.04. The summed E-state index contributed by atoms with van der Waals surface area (Å²) >= 11 is 0. The van der Waals surface area contributed by atoms with Crippen molar-refractivity contribution in [2.24, 2.45) is 15.8 Å². The number of nitriles is 1. The largest absolute Gasteiger partial charge is 0.467 e. The molecule has 2 atom stereocenters. The number of fused-ring (bicyclic) bond motifs is 2. The van der Waals surface area contributed by atoms with E-state index in [9.17, 15) is 5.26 Å². The van der Waals surface area contributed by atoms with Gasteiger partial charge in [0.2, 0.25) is 0 Å². The first-order chi connectivity index (χ1) is 18.4. The SMILES string of the molecule is CC1(C)C[C@H]2C[C@@](C)(CN2C=Nc2c(C#N)c(-c3ccccc3)c(-c3ccccc3)n2Cc2ccco2)C1. The Balaban J connectivity index is 1.53. The van der Waals surface area contributed by atoms with Crippen LogP contribution >= 0.6 is 0 Å². The van der Waals surface area contributed by atoms with Crippen molar-refractivity contribution in [3.63, 3.8) is 0 Å². The van der Waals surface area contributed by atoms with Crippen LogP contribution in [0.5, 0.6) is 0 Å². The number of benzene rings is 2. The molecule has 0 N–H and O–H groups in total. The maximum atomic E-state index is 10.5. The van der Waals surface area contributed by atoms with Gasteiger partial charge in [-0.15, -0.1) is 0 Å². The van der Waals surface area contributed by atoms with Gasteiger partial charge >= 0.3 is 0 Å². The second kappa shape index (κ2) is 9.36. The van der Waals surface area contributed by atoms with Crippen molar-refractivity contribution in [2.75, 3.05) is 6.54 Å². The molecule has 3 heterocycles. The number of furan rings is 1. The van der Waals surface area contributed by atoms with Crippen LogP contribution in [0, 0.1) is 22.2 Å². The molecule has 192 valence electrons. The van der Waals surface area contributed by atoms with E-state index in [0.717, 1.165) is 41.1 Å². The average Bonchev–Trinajstić information content (AvgIpc) is 3.58. The second-order valence-electron chi connectivity index (χ2n) is 12.1. The van der Waals surface area contributed by atoms with Gasteiger partial charge in [-0.05, 0) is 53.4 Å². The van der Waals surface area contributed by atoms with Gasteiger partial charge in [0.25, 0.3) is 0 Å². The van der Waals surface area contributed by atoms with Crippen molar-refractivity contribution in [2.45, 2.75) is 52.6 Å². The molecule has 1 saturated heterocycles. The number of rotatable bonds is 6. The van der Waals surface area contributed by atoms with Crippen molar-refractivity contribution in [1.29, 1.82) is 5.26 Å². The summed E-state index contributed by atoms with van der Waals surface area (Å²) in [5.74, 6) is 1.50. The standard InChI is InChI=1S/C33H34N4O/c1-32(2)17-26-18-33(3,21-32)22-36(26)23-35-31-28(19-34)29(24-11-6-4-7-12-24)30(25-13-8-5-9-14-25)37(31)20-27-15-10-16-38-27/h4-16,23,26H,17-18,20-22H2,1-3H3/t26-,33+/m0/s1. The average molecular weight is 503 g/mol. The molecule has 4 aromatic rings. The maximum absolute atomic E-state index is 10.5. The van der Waals surface area contributed by atoms with E-state index in [1.807, 2.05) is 54.9 Å². The van der Waals surface area contributed by atoms with Gasteiger partial charge in [-0.3, -0.25) is 0 Å². The Morgan fingerprint density at radius 2 is 1.68 bits per heavy atom. The van der Waals surface area contributed by atoms with E-state index in [0.29, 0.717) is 34.8 Å². The summed E-state index contributed by atoms with van der Waals surface area (Å²) in [4.78, 5) is 7.53. The monoisotopic (exact) mass is 502 g/mol. The highest BCUT2D eigenvalue weighted by atomic mass is 16.3. The van der Waals surface area contributed by atoms with Crippen LogP contribution in [-0.2, 0) is 6.54 Å². The first-order valence-corrected chi connectivity index (χ1v) is 13.5. The highest BCUT2D eigenvalue weighted by molar-refractivity contribution is 5.91. The van der Waals surface area contributed by atoms with Crippen LogP contribution in [0.15, 0.2) is 88.5 Å². The summed E-state index contributed by atoms with van der Waals surface area (Å²) in [6.45, 7) is 8.68. The topological polar surface area (TPSA) is 57.5 Å². The lowest BCUT2D eigenvalue weighted by Crippen LogP contribution is -2.34. The summed E-state index contributed by atoms with van der Waals surface area (Å²) in [6, 6.07) is 27.4. The zero-order valence-electron chi connectivity index (χ0n) is 22.4. The van der Waals surface area contributed by atoms with Crippen LogP contribution in [0.2, 0.25) is 0 Å². The Kier molecular flexibility index (Phi) is 5.99. The highest BCUT2D eigenvalue weighted by Gasteiger charge is 2.49. The third-order valence-electron chi connectivity index (χ3n) is 8.14. The third kappa shape index (κ3) is 4.45. The first-order valence-electron chi connectivity index (χ1n) is 13.5. The van der Waals surface area contributed by atoms with E-state index < -0.39 is 0 Å². The minimum Gasteiger partial charge on any atom is -0.467 e. The van der Waals surface area contributed by atoms with Crippen LogP contribution in [0.3, 0.4) is 0 Å². The molecule has 2 aliphatic rings. The molecular weight excluding hydrogens is 468 g/mol. The number of hydrogen-bond acceptors (Lipinski definition) is 3. The lowest BCUT2D eigenvalue weighted by Gasteiger charge is -2.39. The predicted octanol–water partition coefficient (Wildman–Crippen LogP) is 7.90. The van der Waals surface area contributed by atoms with E-state index in [4.69, 9.17) is 9.41 Å². The summed E-state index contributed by atoms with van der Waals surface area (Å²) in [5, 5.41) is 10.5. The van der Waals surface area contributed by atoms with E-state index >= 15 is 0 Å². The van der Waals surface area contributed by atoms with Gasteiger partial charge < -0.3 is 13.9 Å². The molecule has 38 heavy (non-hydrogen) atoms. The molecule has 0 radical (unpaired) electrons. The lowest BCUT2D eigenvalue weighted by molar-refractivity contribution is 0.133. The number of nitrogens with zero attached hydrogens (tertiary/aromatic N) is 4. The van der Waals surface area contributed by atoms with E-state index in [2.05, 4.69) is 60.6 Å². The van der Waals surface area contributed by atoms with Crippen molar-refractivity contribution in [3.8, 4) is 28.5 Å². The number of aliphatic imine (C=N–C) groups is 1. The van der Waals surface area contributed by atoms with Crippen LogP contribution in [-0.4, -0.2) is 28.4 Å². The fourth-order valence-electron chi connectivity index (χ4n) is 7.11. The highest BCUT2D eigenvalue weighted by Crippen LogP contribution is 2.52. The van der Waals surface area contributed by atoms with Crippen LogP contribution in [0.1, 0.15) is 51.4 Å². The fraction of sp³-hybridized carbons (Fsp3) is 0.333. The summed E-state index contributed by atoms with van der Waals surface area (Å²) in [7, 11) is 0. The normalized spacial score (nSPS) is 22.2. The van der Waals surface area contributed by atoms with Crippen LogP contribution in [0.4, 0.5) is 5.82 Å². The van der Waals surface area contributed by atoms with Crippen molar-refractivity contribution >= 4 is 12.2 Å². The number of likely N-dealkylation sites (tertiary alicyclic amines) is 1. The summed E-state index contributed by atoms with van der Waals surface area (Å²) < 4.78 is 7.93. The van der Waals surface area contributed by atoms with E-state index in [1.54, 1.807) is 6.26 Å². The lowest BCUT2D eigenvalue weighted by atomic mass is 9.65. The molecule has 6 rings (SSSR count). The molecule has 5 heteroatoms. The van der Waals surface area contributed by atoms with E-state index in [1.165, 1.54) is 12.8 Å². The molecule has 0 unspecified atom stereocenters. The van der Waals surface area contributed by atoms with Crippen molar-refractivity contribution < 1.29 is 4.42 Å². The van der Waals surface area contributed by atoms with Crippen LogP contribution < -0.4 is 0 Å². The molecule has 2 aromatic carbocycles. The zero-order valence-corrected chi connectivity index (χ0v) is 22.4. The minimum absolute atomic E-state index is 0.303. The Morgan fingerprint density at radius 1 is 0.974 bits per heavy atom. The first kappa shape index (κ1) is 24.3. The van der Waals surface area contributed by atoms with Gasteiger partial charge in [0.05, 0.1) is 24.8 Å². The summed E-state index contributed by atoms with van der Waals surface area (Å²) in [5.41, 5.74) is 5.16. The Labute approximate surface area is 225 Å². The molecule has 1 aliphatic heterocycles. The third-order valence-corrected chi connectivity index (χ3v) is 8.14. The molecule has 1 saturated carbocycles. The summed E-state index contributed by atoms with van der Waals surface area (Å²) in [6.07, 6.45) is 7.30. The molecule has 1 aliphatic carbocycles. The number of hydrogen-bond donors (Lipinski definition) is 0. The zero-order chi connectivity index (χ0) is 26.3. The van der Waals surface area contributed by atoms with Gasteiger partial charge in [0.15, 0.2) is 5.82 Å². The molecule has 5 nitrogen and oxygen atoms in total. The predicted molar refractivity (Wildman–Crippen MR) is 152 cm³/mol. The molecule has 2 bridgehead atoms. The van der Waals surface area contributed by atoms with Gasteiger partial charge in [0, 0.05) is 18.2 Å². The second-order valence-corrected chi connectivity index (χ2v) is 12.1. The molecular formula is C33H34N4O. The minimum atomic E-state index is 0.303. The van der Waals surface area contributed by atoms with Gasteiger partial charge in [-0.25, -0.2) is 4.99 Å². The fourth-order valence-corrected chi connectivity index (χ4v) is 7.11. The smallest absolute Gasteiger partial charge is 0.153 e. The van der Waals surface area contributed by atoms with Crippen molar-refractivity contribution in [1.82, 2.24) is 9.47 Å². The van der Waals surface area contributed by atoms with E-state index in [-0.39, 0.29) is 0 Å². The quantitative estimate of drug-likeness (QED) is 0.199. The Bertz CT molecular complexity index is 1490. The number of aromatic nitrogens is 1. The molecule has 0 amide bonds. The molecule has 2 fully saturated rings. The maximum Gasteiger partial charge on any atom is 0.153 e. The van der Waals surface area contributed by atoms with Gasteiger partial charge in [-0.2, -0.15) is 5.26 Å². The Morgan fingerprint density at radius 3 is 2.34 bits per heavy atom. The van der Waals surface area contributed by atoms with Gasteiger partial charge in [0.1, 0.15) is 17.4 Å². The van der Waals surface area contributed by atoms with Gasteiger partial charge in [-0.1, -0.05) is 81.4 Å². The van der Waals surface area contributed by atoms with Crippen LogP contribution in [0.25, 0.3) is 22.4 Å². The van der Waals surface area contributed by atoms with Crippen molar-refractivity contribution in [3.05, 3.63) is 90.4 Å².